The third kappa shape index (κ3) is 3.42. The SMILES string of the molecule is COCc1ccc(C(=O)Nc2ccc(C)cc2F)cc1. The van der Waals surface area contributed by atoms with E-state index in [2.05, 4.69) is 5.32 Å². The number of ether oxygens (including phenoxy) is 1. The molecule has 104 valence electrons. The van der Waals surface area contributed by atoms with Crippen LogP contribution in [0.1, 0.15) is 21.5 Å². The second kappa shape index (κ2) is 6.30. The van der Waals surface area contributed by atoms with Crippen LogP contribution in [0.3, 0.4) is 0 Å². The molecule has 0 fully saturated rings. The largest absolute Gasteiger partial charge is 0.380 e. The number of hydrogen-bond acceptors (Lipinski definition) is 2. The number of methoxy groups -OCH3 is 1. The average Bonchev–Trinajstić information content (AvgIpc) is 2.43. The number of carbonyl (C=O) groups excluding carboxylic acids is 1. The number of amides is 1. The lowest BCUT2D eigenvalue weighted by molar-refractivity contribution is 0.102. The quantitative estimate of drug-likeness (QED) is 0.925. The Balaban J connectivity index is 2.11. The van der Waals surface area contributed by atoms with Gasteiger partial charge in [-0.15, -0.1) is 0 Å². The number of aryl methyl sites for hydroxylation is 1. The third-order valence-corrected chi connectivity index (χ3v) is 2.90. The molecule has 0 bridgehead atoms. The molecule has 1 N–H and O–H groups in total. The molecule has 0 radical (unpaired) electrons. The number of hydrogen-bond donors (Lipinski definition) is 1. The molecule has 0 unspecified atom stereocenters. The fourth-order valence-corrected chi connectivity index (χ4v) is 1.84. The van der Waals surface area contributed by atoms with Gasteiger partial charge in [0.05, 0.1) is 12.3 Å². The first-order chi connectivity index (χ1) is 9.60. The highest BCUT2D eigenvalue weighted by molar-refractivity contribution is 6.04. The van der Waals surface area contributed by atoms with Crippen LogP contribution >= 0.6 is 0 Å². The van der Waals surface area contributed by atoms with Crippen molar-refractivity contribution in [2.24, 2.45) is 0 Å². The van der Waals surface area contributed by atoms with E-state index in [1.54, 1.807) is 38.3 Å². The predicted molar refractivity (Wildman–Crippen MR) is 76.2 cm³/mol. The lowest BCUT2D eigenvalue weighted by Gasteiger charge is -2.07. The van der Waals surface area contributed by atoms with Crippen LogP contribution in [0.25, 0.3) is 0 Å². The summed E-state index contributed by atoms with van der Waals surface area (Å²) in [5, 5.41) is 2.56. The molecule has 0 aliphatic rings. The van der Waals surface area contributed by atoms with E-state index in [9.17, 15) is 9.18 Å². The molecule has 3 nitrogen and oxygen atoms in total. The molecule has 0 spiro atoms. The zero-order valence-electron chi connectivity index (χ0n) is 11.4. The minimum atomic E-state index is -0.436. The molecule has 0 aliphatic carbocycles. The van der Waals surface area contributed by atoms with Gasteiger partial charge >= 0.3 is 0 Å². The zero-order chi connectivity index (χ0) is 14.5. The molecule has 0 aliphatic heterocycles. The number of anilines is 1. The van der Waals surface area contributed by atoms with E-state index in [0.29, 0.717) is 12.2 Å². The molecule has 0 atom stereocenters. The van der Waals surface area contributed by atoms with Gasteiger partial charge < -0.3 is 10.1 Å². The van der Waals surface area contributed by atoms with Crippen molar-refractivity contribution in [3.63, 3.8) is 0 Å². The van der Waals surface area contributed by atoms with E-state index in [1.165, 1.54) is 6.07 Å². The van der Waals surface area contributed by atoms with Gasteiger partial charge in [-0.2, -0.15) is 0 Å². The van der Waals surface area contributed by atoms with Crippen LogP contribution in [0.15, 0.2) is 42.5 Å². The summed E-state index contributed by atoms with van der Waals surface area (Å²) >= 11 is 0. The summed E-state index contributed by atoms with van der Waals surface area (Å²) in [7, 11) is 1.61. The Morgan fingerprint density at radius 1 is 1.20 bits per heavy atom. The molecule has 0 saturated heterocycles. The molecular weight excluding hydrogens is 257 g/mol. The van der Waals surface area contributed by atoms with Gasteiger partial charge in [0.15, 0.2) is 0 Å². The maximum absolute atomic E-state index is 13.7. The molecule has 2 aromatic carbocycles. The van der Waals surface area contributed by atoms with Crippen molar-refractivity contribution in [2.75, 3.05) is 12.4 Å². The van der Waals surface area contributed by atoms with Crippen LogP contribution in [0.2, 0.25) is 0 Å². The van der Waals surface area contributed by atoms with Crippen molar-refractivity contribution in [2.45, 2.75) is 13.5 Å². The van der Waals surface area contributed by atoms with Crippen LogP contribution < -0.4 is 5.32 Å². The molecule has 2 rings (SSSR count). The lowest BCUT2D eigenvalue weighted by Crippen LogP contribution is -2.13. The molecule has 0 saturated carbocycles. The standard InChI is InChI=1S/C16H16FNO2/c1-11-3-8-15(14(17)9-11)18-16(19)13-6-4-12(5-7-13)10-20-2/h3-9H,10H2,1-2H3,(H,18,19). The van der Waals surface area contributed by atoms with E-state index >= 15 is 0 Å². The Hall–Kier alpha value is -2.20. The van der Waals surface area contributed by atoms with Crippen LogP contribution in [0, 0.1) is 12.7 Å². The molecular formula is C16H16FNO2. The highest BCUT2D eigenvalue weighted by Gasteiger charge is 2.09. The summed E-state index contributed by atoms with van der Waals surface area (Å²) < 4.78 is 18.7. The normalized spacial score (nSPS) is 10.3. The van der Waals surface area contributed by atoms with Crippen molar-refractivity contribution >= 4 is 11.6 Å². The van der Waals surface area contributed by atoms with Gasteiger partial charge in [0.25, 0.3) is 5.91 Å². The maximum atomic E-state index is 13.7. The third-order valence-electron chi connectivity index (χ3n) is 2.90. The van der Waals surface area contributed by atoms with E-state index in [0.717, 1.165) is 11.1 Å². The Morgan fingerprint density at radius 2 is 1.90 bits per heavy atom. The van der Waals surface area contributed by atoms with E-state index in [-0.39, 0.29) is 11.6 Å². The minimum Gasteiger partial charge on any atom is -0.380 e. The van der Waals surface area contributed by atoms with E-state index in [1.807, 2.05) is 12.1 Å². The van der Waals surface area contributed by atoms with E-state index < -0.39 is 5.82 Å². The second-order valence-electron chi connectivity index (χ2n) is 4.57. The summed E-state index contributed by atoms with van der Waals surface area (Å²) in [6.07, 6.45) is 0. The topological polar surface area (TPSA) is 38.3 Å². The number of nitrogens with one attached hydrogen (secondary N) is 1. The molecule has 0 aromatic heterocycles. The Morgan fingerprint density at radius 3 is 2.50 bits per heavy atom. The van der Waals surface area contributed by atoms with Crippen molar-refractivity contribution in [1.82, 2.24) is 0 Å². The van der Waals surface area contributed by atoms with Crippen molar-refractivity contribution in [1.29, 1.82) is 0 Å². The van der Waals surface area contributed by atoms with Crippen molar-refractivity contribution < 1.29 is 13.9 Å². The van der Waals surface area contributed by atoms with Crippen LogP contribution in [-0.2, 0) is 11.3 Å². The molecule has 1 amide bonds. The molecule has 0 heterocycles. The number of benzene rings is 2. The predicted octanol–water partition coefficient (Wildman–Crippen LogP) is 3.53. The van der Waals surface area contributed by atoms with Crippen LogP contribution in [0.4, 0.5) is 10.1 Å². The highest BCUT2D eigenvalue weighted by Crippen LogP contribution is 2.16. The molecule has 20 heavy (non-hydrogen) atoms. The van der Waals surface area contributed by atoms with Gasteiger partial charge in [-0.25, -0.2) is 4.39 Å². The summed E-state index contributed by atoms with van der Waals surface area (Å²) in [5.41, 5.74) is 2.45. The molecule has 4 heteroatoms. The Kier molecular flexibility index (Phi) is 4.48. The lowest BCUT2D eigenvalue weighted by atomic mass is 10.1. The van der Waals surface area contributed by atoms with Gasteiger partial charge in [0, 0.05) is 12.7 Å². The fourth-order valence-electron chi connectivity index (χ4n) is 1.84. The van der Waals surface area contributed by atoms with Gasteiger partial charge in [-0.3, -0.25) is 4.79 Å². The number of halogens is 1. The molecule has 2 aromatic rings. The van der Waals surface area contributed by atoms with Crippen molar-refractivity contribution in [3.05, 3.63) is 65.0 Å². The first kappa shape index (κ1) is 14.2. The highest BCUT2D eigenvalue weighted by atomic mass is 19.1. The van der Waals surface area contributed by atoms with Gasteiger partial charge in [0.1, 0.15) is 5.82 Å². The summed E-state index contributed by atoms with van der Waals surface area (Å²) in [6, 6.07) is 11.7. The van der Waals surface area contributed by atoms with Crippen LogP contribution in [0.5, 0.6) is 0 Å². The average molecular weight is 273 g/mol. The second-order valence-corrected chi connectivity index (χ2v) is 4.57. The Labute approximate surface area is 117 Å². The zero-order valence-corrected chi connectivity index (χ0v) is 11.4. The first-order valence-corrected chi connectivity index (χ1v) is 6.25. The fraction of sp³-hybridized carbons (Fsp3) is 0.188. The minimum absolute atomic E-state index is 0.182. The number of carbonyl (C=O) groups is 1. The summed E-state index contributed by atoms with van der Waals surface area (Å²) in [5.74, 6) is -0.772. The first-order valence-electron chi connectivity index (χ1n) is 6.25. The van der Waals surface area contributed by atoms with Gasteiger partial charge in [-0.1, -0.05) is 18.2 Å². The summed E-state index contributed by atoms with van der Waals surface area (Å²) in [4.78, 5) is 12.0. The van der Waals surface area contributed by atoms with Crippen molar-refractivity contribution in [3.8, 4) is 0 Å². The maximum Gasteiger partial charge on any atom is 0.255 e. The monoisotopic (exact) mass is 273 g/mol. The summed E-state index contributed by atoms with van der Waals surface area (Å²) in [6.45, 7) is 2.29. The van der Waals surface area contributed by atoms with E-state index in [4.69, 9.17) is 4.74 Å². The smallest absolute Gasteiger partial charge is 0.255 e. The number of rotatable bonds is 4. The van der Waals surface area contributed by atoms with Crippen LogP contribution in [-0.4, -0.2) is 13.0 Å². The van der Waals surface area contributed by atoms with Gasteiger partial charge in [0.2, 0.25) is 0 Å². The Bertz CT molecular complexity index is 608. The van der Waals surface area contributed by atoms with Gasteiger partial charge in [-0.05, 0) is 42.3 Å².